The van der Waals surface area contributed by atoms with Gasteiger partial charge >= 0.3 is 0 Å². The molecule has 0 atom stereocenters. The lowest BCUT2D eigenvalue weighted by Crippen LogP contribution is -2.23. The fourth-order valence-corrected chi connectivity index (χ4v) is 3.03. The maximum atomic E-state index is 12.3. The molecular weight excluding hydrogens is 334 g/mol. The number of hydrogen-bond acceptors (Lipinski definition) is 6. The molecule has 3 rings (SSSR count). The van der Waals surface area contributed by atoms with Crippen LogP contribution in [0.4, 0.5) is 5.69 Å². The number of thiazole rings is 1. The van der Waals surface area contributed by atoms with Crippen LogP contribution in [0.25, 0.3) is 0 Å². The highest BCUT2D eigenvalue weighted by atomic mass is 32.1. The summed E-state index contributed by atoms with van der Waals surface area (Å²) in [6.07, 6.45) is 5.97. The summed E-state index contributed by atoms with van der Waals surface area (Å²) in [5.41, 5.74) is 3.32. The van der Waals surface area contributed by atoms with Crippen LogP contribution in [0.1, 0.15) is 33.7 Å². The molecule has 0 aliphatic rings. The van der Waals surface area contributed by atoms with Crippen LogP contribution in [0.2, 0.25) is 0 Å². The molecule has 0 aliphatic carbocycles. The topological polar surface area (TPSA) is 79.8 Å². The monoisotopic (exact) mass is 353 g/mol. The van der Waals surface area contributed by atoms with Gasteiger partial charge in [0.15, 0.2) is 0 Å². The number of amides is 1. The van der Waals surface area contributed by atoms with Gasteiger partial charge in [-0.1, -0.05) is 6.92 Å². The summed E-state index contributed by atoms with van der Waals surface area (Å²) in [5.74, 6) is -0.206. The predicted molar refractivity (Wildman–Crippen MR) is 98.5 cm³/mol. The molecule has 25 heavy (non-hydrogen) atoms. The van der Waals surface area contributed by atoms with Gasteiger partial charge in [-0.25, -0.2) is 4.98 Å². The Hall–Kier alpha value is -2.80. The zero-order chi connectivity index (χ0) is 17.5. The number of nitrogens with zero attached hydrogens (tertiary/aromatic N) is 3. The maximum Gasteiger partial charge on any atom is 0.270 e. The molecule has 6 nitrogen and oxygen atoms in total. The highest BCUT2D eigenvalue weighted by Gasteiger charge is 2.08. The molecule has 0 radical (unpaired) electrons. The van der Waals surface area contributed by atoms with Crippen LogP contribution in [0.3, 0.4) is 0 Å². The van der Waals surface area contributed by atoms with Crippen LogP contribution in [-0.4, -0.2) is 20.9 Å². The van der Waals surface area contributed by atoms with Crippen molar-refractivity contribution < 1.29 is 4.79 Å². The van der Waals surface area contributed by atoms with Crippen molar-refractivity contribution in [1.29, 1.82) is 0 Å². The highest BCUT2D eigenvalue weighted by molar-refractivity contribution is 7.09. The van der Waals surface area contributed by atoms with Gasteiger partial charge < -0.3 is 10.6 Å². The Balaban J connectivity index is 1.57. The van der Waals surface area contributed by atoms with E-state index in [0.29, 0.717) is 18.8 Å². The fraction of sp³-hybridized carbons (Fsp3) is 0.222. The quantitative estimate of drug-likeness (QED) is 0.682. The van der Waals surface area contributed by atoms with Crippen LogP contribution < -0.4 is 10.6 Å². The second kappa shape index (κ2) is 8.34. The van der Waals surface area contributed by atoms with Crippen LogP contribution >= 0.6 is 11.3 Å². The Morgan fingerprint density at radius 2 is 2.00 bits per heavy atom. The number of pyridine rings is 2. The number of aryl methyl sites for hydroxylation is 1. The summed E-state index contributed by atoms with van der Waals surface area (Å²) in [7, 11) is 0. The van der Waals surface area contributed by atoms with Gasteiger partial charge in [0.2, 0.25) is 0 Å². The van der Waals surface area contributed by atoms with E-state index in [4.69, 9.17) is 0 Å². The molecule has 0 aromatic carbocycles. The summed E-state index contributed by atoms with van der Waals surface area (Å²) in [6.45, 7) is 3.17. The molecule has 128 valence electrons. The third-order valence-electron chi connectivity index (χ3n) is 3.60. The van der Waals surface area contributed by atoms with E-state index in [1.54, 1.807) is 36.0 Å². The maximum absolute atomic E-state index is 12.3. The normalized spacial score (nSPS) is 10.4. The first-order valence-electron chi connectivity index (χ1n) is 8.05. The minimum Gasteiger partial charge on any atom is -0.378 e. The smallest absolute Gasteiger partial charge is 0.270 e. The van der Waals surface area contributed by atoms with E-state index < -0.39 is 0 Å². The van der Waals surface area contributed by atoms with Crippen LogP contribution in [0.15, 0.2) is 48.2 Å². The Morgan fingerprint density at radius 3 is 2.76 bits per heavy atom. The van der Waals surface area contributed by atoms with Crippen molar-refractivity contribution in [2.24, 2.45) is 0 Å². The average molecular weight is 353 g/mol. The van der Waals surface area contributed by atoms with Gasteiger partial charge in [0.25, 0.3) is 5.91 Å². The molecule has 0 bridgehead atoms. The summed E-state index contributed by atoms with van der Waals surface area (Å²) < 4.78 is 0. The molecule has 3 heterocycles. The number of aromatic nitrogens is 3. The van der Waals surface area contributed by atoms with E-state index in [9.17, 15) is 4.79 Å². The van der Waals surface area contributed by atoms with Crippen molar-refractivity contribution in [3.8, 4) is 0 Å². The van der Waals surface area contributed by atoms with Gasteiger partial charge in [0.1, 0.15) is 10.7 Å². The Bertz CT molecular complexity index is 834. The van der Waals surface area contributed by atoms with E-state index in [0.717, 1.165) is 28.4 Å². The zero-order valence-electron chi connectivity index (χ0n) is 13.9. The molecular formula is C18H19N5OS. The number of rotatable bonds is 7. The lowest BCUT2D eigenvalue weighted by molar-refractivity contribution is 0.0946. The molecule has 1 amide bonds. The van der Waals surface area contributed by atoms with Gasteiger partial charge in [0.05, 0.1) is 12.2 Å². The standard InChI is InChI=1S/C18H19N5OS/c1-2-14-12-25-17(23-14)11-21-15-5-8-20-16(9-15)18(24)22-10-13-3-6-19-7-4-13/h3-9,12H,2,10-11H2,1H3,(H,20,21)(H,22,24). The molecule has 0 saturated carbocycles. The predicted octanol–water partition coefficient (Wildman–Crippen LogP) is 3.04. The molecule has 0 fully saturated rings. The Kier molecular flexibility index (Phi) is 5.69. The van der Waals surface area contributed by atoms with Crippen LogP contribution in [0.5, 0.6) is 0 Å². The third kappa shape index (κ3) is 4.84. The summed E-state index contributed by atoms with van der Waals surface area (Å²) in [5, 5.41) is 9.24. The van der Waals surface area contributed by atoms with Gasteiger partial charge in [-0.05, 0) is 36.2 Å². The lowest BCUT2D eigenvalue weighted by atomic mass is 10.2. The summed E-state index contributed by atoms with van der Waals surface area (Å²) >= 11 is 1.64. The third-order valence-corrected chi connectivity index (χ3v) is 4.50. The Labute approximate surface area is 150 Å². The molecule has 3 aromatic heterocycles. The SMILES string of the molecule is CCc1csc(CNc2ccnc(C(=O)NCc3ccncc3)c2)n1. The molecule has 0 unspecified atom stereocenters. The minimum absolute atomic E-state index is 0.206. The van der Waals surface area contributed by atoms with E-state index in [1.165, 1.54) is 0 Å². The zero-order valence-corrected chi connectivity index (χ0v) is 14.7. The van der Waals surface area contributed by atoms with Gasteiger partial charge in [0, 0.05) is 36.2 Å². The van der Waals surface area contributed by atoms with Crippen molar-refractivity contribution in [3.63, 3.8) is 0 Å². The minimum atomic E-state index is -0.206. The summed E-state index contributed by atoms with van der Waals surface area (Å²) in [6, 6.07) is 7.32. The van der Waals surface area contributed by atoms with Crippen LogP contribution in [-0.2, 0) is 19.5 Å². The lowest BCUT2D eigenvalue weighted by Gasteiger charge is -2.07. The van der Waals surface area contributed by atoms with Gasteiger partial charge in [-0.15, -0.1) is 11.3 Å². The first-order chi connectivity index (χ1) is 12.2. The van der Waals surface area contributed by atoms with Gasteiger partial charge in [-0.3, -0.25) is 14.8 Å². The number of nitrogens with one attached hydrogen (secondary N) is 2. The number of anilines is 1. The van der Waals surface area contributed by atoms with Gasteiger partial charge in [-0.2, -0.15) is 0 Å². The largest absolute Gasteiger partial charge is 0.378 e. The molecule has 0 aliphatic heterocycles. The molecule has 0 saturated heterocycles. The molecule has 2 N–H and O–H groups in total. The van der Waals surface area contributed by atoms with Crippen molar-refractivity contribution in [3.05, 3.63) is 70.2 Å². The molecule has 0 spiro atoms. The first-order valence-corrected chi connectivity index (χ1v) is 8.93. The Morgan fingerprint density at radius 1 is 1.16 bits per heavy atom. The highest BCUT2D eigenvalue weighted by Crippen LogP contribution is 2.14. The second-order valence-corrected chi connectivity index (χ2v) is 6.35. The molecule has 7 heteroatoms. The van der Waals surface area contributed by atoms with E-state index in [1.807, 2.05) is 18.2 Å². The number of carbonyl (C=O) groups excluding carboxylic acids is 1. The van der Waals surface area contributed by atoms with E-state index >= 15 is 0 Å². The van der Waals surface area contributed by atoms with Crippen LogP contribution in [0, 0.1) is 0 Å². The molecule has 3 aromatic rings. The van der Waals surface area contributed by atoms with Crippen molar-refractivity contribution >= 4 is 22.9 Å². The van der Waals surface area contributed by atoms with E-state index in [2.05, 4.69) is 37.9 Å². The number of carbonyl (C=O) groups is 1. The van der Waals surface area contributed by atoms with Crippen molar-refractivity contribution in [2.45, 2.75) is 26.4 Å². The first kappa shape index (κ1) is 17.0. The fourth-order valence-electron chi connectivity index (χ4n) is 2.21. The van der Waals surface area contributed by atoms with E-state index in [-0.39, 0.29) is 5.91 Å². The average Bonchev–Trinajstić information content (AvgIpc) is 3.14. The van der Waals surface area contributed by atoms with Crippen molar-refractivity contribution in [2.75, 3.05) is 5.32 Å². The van der Waals surface area contributed by atoms with Crippen molar-refractivity contribution in [1.82, 2.24) is 20.3 Å². The second-order valence-electron chi connectivity index (χ2n) is 5.41. The number of hydrogen-bond donors (Lipinski definition) is 2. The summed E-state index contributed by atoms with van der Waals surface area (Å²) in [4.78, 5) is 24.9.